The molecule has 2 heterocycles. The molecule has 0 aromatic heterocycles. The minimum absolute atomic E-state index is 0.0312. The molecule has 0 radical (unpaired) electrons. The summed E-state index contributed by atoms with van der Waals surface area (Å²) in [6.45, 7) is 1.51. The van der Waals surface area contributed by atoms with E-state index in [4.69, 9.17) is 9.47 Å². The third-order valence-electron chi connectivity index (χ3n) is 5.26. The molecule has 0 amide bonds. The summed E-state index contributed by atoms with van der Waals surface area (Å²) in [7, 11) is 0. The molecule has 0 N–H and O–H groups in total. The largest absolute Gasteiger partial charge is 0.460 e. The Labute approximate surface area is 170 Å². The molecule has 1 fully saturated rings. The van der Waals surface area contributed by atoms with Crippen LogP contribution < -0.4 is 4.74 Å². The van der Waals surface area contributed by atoms with E-state index in [-0.39, 0.29) is 13.0 Å². The van der Waals surface area contributed by atoms with Crippen molar-refractivity contribution >= 4 is 15.9 Å². The molecule has 28 heavy (non-hydrogen) atoms. The Morgan fingerprint density at radius 3 is 2.68 bits per heavy atom. The maximum Gasteiger partial charge on any atom is 0.393 e. The average molecular weight is 456 g/mol. The number of piperidine rings is 1. The van der Waals surface area contributed by atoms with Crippen molar-refractivity contribution in [2.45, 2.75) is 38.5 Å². The van der Waals surface area contributed by atoms with Crippen molar-refractivity contribution in [3.05, 3.63) is 63.6 Å². The fourth-order valence-corrected chi connectivity index (χ4v) is 4.43. The van der Waals surface area contributed by atoms with Crippen LogP contribution in [-0.4, -0.2) is 24.2 Å². The van der Waals surface area contributed by atoms with E-state index in [1.807, 2.05) is 47.4 Å². The highest BCUT2D eigenvalue weighted by Crippen LogP contribution is 2.39. The number of nitrogens with zero attached hydrogens (tertiary/aromatic N) is 1. The minimum atomic E-state index is -4.14. The summed E-state index contributed by atoms with van der Waals surface area (Å²) >= 11 is 3.50. The van der Waals surface area contributed by atoms with Gasteiger partial charge >= 0.3 is 6.18 Å². The van der Waals surface area contributed by atoms with Gasteiger partial charge in [-0.1, -0.05) is 46.3 Å². The van der Waals surface area contributed by atoms with Gasteiger partial charge in [-0.15, -0.1) is 0 Å². The van der Waals surface area contributed by atoms with Gasteiger partial charge in [-0.3, -0.25) is 4.90 Å². The van der Waals surface area contributed by atoms with Gasteiger partial charge in [0, 0.05) is 34.3 Å². The van der Waals surface area contributed by atoms with Gasteiger partial charge in [0.1, 0.15) is 5.75 Å². The van der Waals surface area contributed by atoms with Crippen molar-refractivity contribution in [2.24, 2.45) is 5.92 Å². The molecule has 1 saturated heterocycles. The van der Waals surface area contributed by atoms with Crippen molar-refractivity contribution in [1.29, 1.82) is 0 Å². The molecule has 2 aliphatic rings. The van der Waals surface area contributed by atoms with E-state index < -0.39 is 18.4 Å². The van der Waals surface area contributed by atoms with Gasteiger partial charge in [0.25, 0.3) is 0 Å². The highest BCUT2D eigenvalue weighted by molar-refractivity contribution is 9.10. The number of fused-ring (bicyclic) bond motifs is 1. The van der Waals surface area contributed by atoms with Gasteiger partial charge in [-0.25, -0.2) is 0 Å². The molecular formula is C21H21BrF3NO2. The Kier molecular flexibility index (Phi) is 5.67. The summed E-state index contributed by atoms with van der Waals surface area (Å²) in [5.41, 5.74) is 2.70. The molecule has 0 bridgehead atoms. The van der Waals surface area contributed by atoms with Crippen molar-refractivity contribution in [1.82, 2.24) is 4.90 Å². The van der Waals surface area contributed by atoms with Gasteiger partial charge < -0.3 is 9.47 Å². The number of hydrogen-bond acceptors (Lipinski definition) is 3. The zero-order chi connectivity index (χ0) is 19.7. The zero-order valence-corrected chi connectivity index (χ0v) is 16.8. The second kappa shape index (κ2) is 8.05. The average Bonchev–Trinajstić information content (AvgIpc) is 2.68. The smallest absolute Gasteiger partial charge is 0.393 e. The molecule has 4 rings (SSSR count). The zero-order valence-electron chi connectivity index (χ0n) is 15.2. The highest BCUT2D eigenvalue weighted by atomic mass is 79.9. The van der Waals surface area contributed by atoms with Crippen LogP contribution in [0.2, 0.25) is 0 Å². The van der Waals surface area contributed by atoms with Crippen molar-refractivity contribution < 1.29 is 22.6 Å². The Hall–Kier alpha value is -1.57. The summed E-state index contributed by atoms with van der Waals surface area (Å²) in [5, 5.41) is 0. The van der Waals surface area contributed by atoms with Gasteiger partial charge in [-0.2, -0.15) is 13.2 Å². The second-order valence-corrected chi connectivity index (χ2v) is 8.26. The van der Waals surface area contributed by atoms with Crippen LogP contribution in [0.5, 0.6) is 5.75 Å². The van der Waals surface area contributed by atoms with Gasteiger partial charge in [0.05, 0.1) is 12.5 Å². The van der Waals surface area contributed by atoms with Crippen LogP contribution in [0.15, 0.2) is 46.9 Å². The summed E-state index contributed by atoms with van der Waals surface area (Å²) in [4.78, 5) is 1.88. The normalized spacial score (nSPS) is 23.1. The maximum absolute atomic E-state index is 13.2. The molecule has 0 saturated carbocycles. The van der Waals surface area contributed by atoms with Crippen molar-refractivity contribution in [3.63, 3.8) is 0 Å². The quantitative estimate of drug-likeness (QED) is 0.580. The van der Waals surface area contributed by atoms with Crippen LogP contribution in [0, 0.1) is 5.92 Å². The maximum atomic E-state index is 13.2. The Morgan fingerprint density at radius 2 is 1.93 bits per heavy atom. The number of benzene rings is 2. The predicted octanol–water partition coefficient (Wildman–Crippen LogP) is 5.83. The number of rotatable bonds is 3. The number of hydrogen-bond donors (Lipinski definition) is 0. The first-order chi connectivity index (χ1) is 13.4. The monoisotopic (exact) mass is 455 g/mol. The molecule has 2 aliphatic heterocycles. The number of likely N-dealkylation sites (tertiary alicyclic amines) is 1. The van der Waals surface area contributed by atoms with E-state index in [1.54, 1.807) is 0 Å². The lowest BCUT2D eigenvalue weighted by atomic mass is 9.96. The van der Waals surface area contributed by atoms with Crippen LogP contribution in [0.4, 0.5) is 13.2 Å². The van der Waals surface area contributed by atoms with E-state index in [2.05, 4.69) is 15.9 Å². The summed E-state index contributed by atoms with van der Waals surface area (Å²) in [6, 6.07) is 13.5. The molecule has 7 heteroatoms. The van der Waals surface area contributed by atoms with Crippen LogP contribution in [0.3, 0.4) is 0 Å². The van der Waals surface area contributed by atoms with Crippen LogP contribution in [0.1, 0.15) is 35.8 Å². The molecule has 3 nitrogen and oxygen atoms in total. The highest BCUT2D eigenvalue weighted by Gasteiger charge is 2.41. The Bertz CT molecular complexity index is 828. The van der Waals surface area contributed by atoms with Gasteiger partial charge in [-0.05, 0) is 31.5 Å². The predicted molar refractivity (Wildman–Crippen MR) is 103 cm³/mol. The van der Waals surface area contributed by atoms with Crippen LogP contribution >= 0.6 is 15.9 Å². The van der Waals surface area contributed by atoms with E-state index >= 15 is 0 Å². The lowest BCUT2D eigenvalue weighted by Crippen LogP contribution is -2.41. The molecular weight excluding hydrogens is 435 g/mol. The minimum Gasteiger partial charge on any atom is -0.460 e. The lowest BCUT2D eigenvalue weighted by molar-refractivity contribution is -0.187. The van der Waals surface area contributed by atoms with E-state index in [0.29, 0.717) is 26.1 Å². The standard InChI is InChI=1S/C21H21BrF3NO2/c22-18-9-15(11-26-8-4-7-17(12-26)21(23,24)25)19-16(10-18)13-27-20(28-19)14-5-2-1-3-6-14/h1-3,5-6,9-10,17,20H,4,7-8,11-13H2/t17-,20+/m1/s1. The molecule has 2 aromatic carbocycles. The SMILES string of the molecule is FC(F)(F)[C@@H]1CCCN(Cc2cc(Br)cc3c2O[C@@H](c2ccccc2)OC3)C1. The topological polar surface area (TPSA) is 21.7 Å². The van der Waals surface area contributed by atoms with Crippen molar-refractivity contribution in [2.75, 3.05) is 13.1 Å². The number of ether oxygens (including phenoxy) is 2. The number of alkyl halides is 3. The van der Waals surface area contributed by atoms with Crippen LogP contribution in [0.25, 0.3) is 0 Å². The molecule has 0 unspecified atom stereocenters. The third-order valence-corrected chi connectivity index (χ3v) is 5.71. The molecule has 0 aliphatic carbocycles. The van der Waals surface area contributed by atoms with E-state index in [1.165, 1.54) is 0 Å². The van der Waals surface area contributed by atoms with E-state index in [0.717, 1.165) is 26.9 Å². The molecule has 150 valence electrons. The Balaban J connectivity index is 1.56. The van der Waals surface area contributed by atoms with Crippen LogP contribution in [-0.2, 0) is 17.9 Å². The summed E-state index contributed by atoms with van der Waals surface area (Å²) in [5.74, 6) is -0.539. The lowest BCUT2D eigenvalue weighted by Gasteiger charge is -2.35. The van der Waals surface area contributed by atoms with E-state index in [9.17, 15) is 13.2 Å². The van der Waals surface area contributed by atoms with Gasteiger partial charge in [0.2, 0.25) is 6.29 Å². The first-order valence-corrected chi connectivity index (χ1v) is 10.1. The summed E-state index contributed by atoms with van der Waals surface area (Å²) < 4.78 is 52.3. The van der Waals surface area contributed by atoms with Crippen molar-refractivity contribution in [3.8, 4) is 5.75 Å². The third kappa shape index (κ3) is 4.36. The van der Waals surface area contributed by atoms with Gasteiger partial charge in [0.15, 0.2) is 0 Å². The summed E-state index contributed by atoms with van der Waals surface area (Å²) in [6.07, 6.45) is -3.90. The number of halogens is 4. The molecule has 2 atom stereocenters. The first-order valence-electron chi connectivity index (χ1n) is 9.34. The fraction of sp³-hybridized carbons (Fsp3) is 0.429. The Morgan fingerprint density at radius 1 is 1.14 bits per heavy atom. The first kappa shape index (κ1) is 19.7. The fourth-order valence-electron chi connectivity index (χ4n) is 3.88. The molecule has 2 aromatic rings. The second-order valence-electron chi connectivity index (χ2n) is 7.34. The molecule has 0 spiro atoms.